The Kier molecular flexibility index (Phi) is 6.82. The van der Waals surface area contributed by atoms with E-state index >= 15 is 0 Å². The molecule has 0 aliphatic carbocycles. The predicted molar refractivity (Wildman–Crippen MR) is 138 cm³/mol. The van der Waals surface area contributed by atoms with E-state index in [1.165, 1.54) is 27.0 Å². The predicted octanol–water partition coefficient (Wildman–Crippen LogP) is 3.98. The van der Waals surface area contributed by atoms with Crippen molar-refractivity contribution in [2.24, 2.45) is 9.39 Å². The smallest absolute Gasteiger partial charge is 0.283 e. The summed E-state index contributed by atoms with van der Waals surface area (Å²) in [4.78, 5) is 17.7. The summed E-state index contributed by atoms with van der Waals surface area (Å²) in [6, 6.07) is 13.1. The highest BCUT2D eigenvalue weighted by molar-refractivity contribution is 8.16. The zero-order valence-corrected chi connectivity index (χ0v) is 21.2. The molecule has 0 saturated carbocycles. The fourth-order valence-corrected chi connectivity index (χ4v) is 5.36. The Bertz CT molecular complexity index is 1390. The van der Waals surface area contributed by atoms with Crippen LogP contribution in [0.1, 0.15) is 30.5 Å². The molecule has 2 aromatic carbocycles. The van der Waals surface area contributed by atoms with Crippen LogP contribution < -0.4 is 9.47 Å². The van der Waals surface area contributed by atoms with Gasteiger partial charge < -0.3 is 9.47 Å². The number of amidine groups is 3. The van der Waals surface area contributed by atoms with Crippen molar-refractivity contribution in [3.63, 3.8) is 0 Å². The number of nitrogens with one attached hydrogen (secondary N) is 1. The highest BCUT2D eigenvalue weighted by Crippen LogP contribution is 2.33. The van der Waals surface area contributed by atoms with Crippen molar-refractivity contribution >= 4 is 49.9 Å². The molecule has 35 heavy (non-hydrogen) atoms. The Morgan fingerprint density at radius 3 is 2.51 bits per heavy atom. The number of ether oxygens (including phenoxy) is 2. The topological polar surface area (TPSA) is 121 Å². The Balaban J connectivity index is 1.60. The summed E-state index contributed by atoms with van der Waals surface area (Å²) >= 11 is 0.766. The number of fused-ring (bicyclic) bond motifs is 1. The summed E-state index contributed by atoms with van der Waals surface area (Å²) < 4.78 is 40.8. The van der Waals surface area contributed by atoms with Crippen molar-refractivity contribution in [2.75, 3.05) is 7.11 Å². The normalized spacial score (nSPS) is 16.9. The van der Waals surface area contributed by atoms with Gasteiger partial charge in [0.05, 0.1) is 29.9 Å². The number of rotatable bonds is 6. The van der Waals surface area contributed by atoms with Crippen LogP contribution in [0.5, 0.6) is 11.5 Å². The molecule has 2 aliphatic rings. The average molecular weight is 513 g/mol. The fraction of sp³-hybridized carbons (Fsp3) is 0.250. The largest absolute Gasteiger partial charge is 0.493 e. The van der Waals surface area contributed by atoms with E-state index in [1.807, 2.05) is 31.2 Å². The van der Waals surface area contributed by atoms with Gasteiger partial charge in [0, 0.05) is 0 Å². The third-order valence-electron chi connectivity index (χ3n) is 5.38. The maximum absolute atomic E-state index is 12.7. The number of methoxy groups -OCH3 is 1. The van der Waals surface area contributed by atoms with E-state index in [2.05, 4.69) is 9.39 Å². The zero-order chi connectivity index (χ0) is 25.3. The molecule has 0 bridgehead atoms. The van der Waals surface area contributed by atoms with Gasteiger partial charge >= 0.3 is 0 Å². The Labute approximate surface area is 208 Å². The van der Waals surface area contributed by atoms with E-state index in [9.17, 15) is 13.2 Å². The molecule has 1 N–H and O–H groups in total. The van der Waals surface area contributed by atoms with Gasteiger partial charge in [-0.15, -0.1) is 0 Å². The summed E-state index contributed by atoms with van der Waals surface area (Å²) in [5, 5.41) is 7.58. The summed E-state index contributed by atoms with van der Waals surface area (Å²) in [6.45, 7) is 5.43. The van der Waals surface area contributed by atoms with Crippen molar-refractivity contribution < 1.29 is 22.7 Å². The number of aliphatic imine (C=N–C) groups is 1. The van der Waals surface area contributed by atoms with Gasteiger partial charge in [0.25, 0.3) is 5.91 Å². The van der Waals surface area contributed by atoms with Crippen LogP contribution in [0.3, 0.4) is 0 Å². The quantitative estimate of drug-likeness (QED) is 0.459. The van der Waals surface area contributed by atoms with E-state index in [-0.39, 0.29) is 21.7 Å². The zero-order valence-electron chi connectivity index (χ0n) is 19.6. The molecular formula is C24H24N4O5S2. The van der Waals surface area contributed by atoms with Gasteiger partial charge in [-0.25, -0.2) is 13.3 Å². The van der Waals surface area contributed by atoms with Gasteiger partial charge in [-0.2, -0.15) is 9.39 Å². The first-order chi connectivity index (χ1) is 16.6. The van der Waals surface area contributed by atoms with Crippen molar-refractivity contribution in [1.82, 2.24) is 4.90 Å². The van der Waals surface area contributed by atoms with E-state index < -0.39 is 21.0 Å². The Morgan fingerprint density at radius 1 is 1.14 bits per heavy atom. The van der Waals surface area contributed by atoms with Crippen LogP contribution in [0.25, 0.3) is 6.08 Å². The van der Waals surface area contributed by atoms with Crippen LogP contribution in [-0.2, 0) is 21.2 Å². The van der Waals surface area contributed by atoms with Crippen molar-refractivity contribution in [2.45, 2.75) is 32.6 Å². The first-order valence-corrected chi connectivity index (χ1v) is 13.0. The molecule has 2 heterocycles. The van der Waals surface area contributed by atoms with Crippen LogP contribution in [0.2, 0.25) is 0 Å². The molecule has 0 fully saturated rings. The number of carbonyl (C=O) groups excluding carboxylic acids is 1. The molecule has 4 rings (SSSR count). The number of hydrogen-bond acceptors (Lipinski definition) is 8. The highest BCUT2D eigenvalue weighted by Gasteiger charge is 2.43. The number of nitrogens with zero attached hydrogens (tertiary/aromatic N) is 3. The SMILES string of the molecule is COc1cc(/C=C2/C(=N)N3C(=NC2=O)SN=C3S(=O)(=O)C(C)C)ccc1OCc1ccc(C)cc1. The van der Waals surface area contributed by atoms with Crippen LogP contribution in [0.15, 0.2) is 57.4 Å². The third kappa shape index (κ3) is 4.87. The highest BCUT2D eigenvalue weighted by atomic mass is 32.2. The molecule has 0 spiro atoms. The van der Waals surface area contributed by atoms with E-state index in [1.54, 1.807) is 18.2 Å². The average Bonchev–Trinajstić information content (AvgIpc) is 3.26. The van der Waals surface area contributed by atoms with Crippen LogP contribution in [0, 0.1) is 12.3 Å². The van der Waals surface area contributed by atoms with Crippen molar-refractivity contribution in [1.29, 1.82) is 5.41 Å². The molecule has 2 aliphatic heterocycles. The van der Waals surface area contributed by atoms with Gasteiger partial charge in [0.2, 0.25) is 20.2 Å². The lowest BCUT2D eigenvalue weighted by molar-refractivity contribution is -0.114. The van der Waals surface area contributed by atoms with E-state index in [4.69, 9.17) is 14.9 Å². The first-order valence-electron chi connectivity index (χ1n) is 10.7. The van der Waals surface area contributed by atoms with Gasteiger partial charge in [-0.3, -0.25) is 10.2 Å². The standard InChI is InChI=1S/C24H24N4O5S2/c1-14(2)35(30,31)24-27-34-23-26-22(29)18(21(25)28(23)24)11-17-9-10-19(20(12-17)32-4)33-13-16-7-5-15(3)6-8-16/h5-12,14,25H,13H2,1-4H3/b18-11-,25-21?. The number of amides is 1. The van der Waals surface area contributed by atoms with Crippen LogP contribution in [-0.4, -0.2) is 47.8 Å². The maximum Gasteiger partial charge on any atom is 0.283 e. The van der Waals surface area contributed by atoms with Crippen LogP contribution in [0.4, 0.5) is 0 Å². The molecule has 182 valence electrons. The first kappa shape index (κ1) is 24.7. The lowest BCUT2D eigenvalue weighted by Crippen LogP contribution is -2.46. The monoisotopic (exact) mass is 512 g/mol. The minimum absolute atomic E-state index is 0.0498. The minimum atomic E-state index is -3.78. The summed E-state index contributed by atoms with van der Waals surface area (Å²) in [6.07, 6.45) is 1.47. The minimum Gasteiger partial charge on any atom is -0.493 e. The molecule has 11 heteroatoms. The number of hydrogen-bond donors (Lipinski definition) is 1. The van der Waals surface area contributed by atoms with Gasteiger partial charge in [-0.05, 0) is 50.1 Å². The molecule has 0 aromatic heterocycles. The number of benzene rings is 2. The van der Waals surface area contributed by atoms with E-state index in [0.717, 1.165) is 28.0 Å². The molecule has 0 saturated heterocycles. The van der Waals surface area contributed by atoms with Crippen molar-refractivity contribution in [3.8, 4) is 11.5 Å². The number of sulfone groups is 1. The summed E-state index contributed by atoms with van der Waals surface area (Å²) in [5.74, 6) is 0.0261. The van der Waals surface area contributed by atoms with Gasteiger partial charge in [0.15, 0.2) is 11.5 Å². The van der Waals surface area contributed by atoms with E-state index in [0.29, 0.717) is 23.7 Å². The Hall–Kier alpha value is -3.44. The fourth-order valence-electron chi connectivity index (χ4n) is 3.30. The van der Waals surface area contributed by atoms with Crippen LogP contribution >= 0.6 is 11.9 Å². The second-order valence-corrected chi connectivity index (χ2v) is 11.3. The molecule has 2 aromatic rings. The van der Waals surface area contributed by atoms with Gasteiger partial charge in [0.1, 0.15) is 12.4 Å². The Morgan fingerprint density at radius 2 is 1.86 bits per heavy atom. The lowest BCUT2D eigenvalue weighted by atomic mass is 10.1. The molecule has 9 nitrogen and oxygen atoms in total. The number of aryl methyl sites for hydroxylation is 1. The number of carbonyl (C=O) groups is 1. The molecular weight excluding hydrogens is 488 g/mol. The summed E-state index contributed by atoms with van der Waals surface area (Å²) in [5.41, 5.74) is 2.68. The lowest BCUT2D eigenvalue weighted by Gasteiger charge is -2.25. The van der Waals surface area contributed by atoms with Crippen molar-refractivity contribution in [3.05, 3.63) is 64.7 Å². The second-order valence-electron chi connectivity index (χ2n) is 8.19. The second kappa shape index (κ2) is 9.67. The summed E-state index contributed by atoms with van der Waals surface area (Å²) in [7, 11) is -2.27. The third-order valence-corrected chi connectivity index (χ3v) is 8.22. The molecule has 0 atom stereocenters. The molecule has 0 unspecified atom stereocenters. The van der Waals surface area contributed by atoms with Gasteiger partial charge in [-0.1, -0.05) is 35.9 Å². The molecule has 0 radical (unpaired) electrons. The molecule has 1 amide bonds. The maximum atomic E-state index is 12.7.